The highest BCUT2D eigenvalue weighted by atomic mass is 32.2. The molecular formula is C33H35NO6S2. The molecule has 4 aliphatic carbocycles. The first kappa shape index (κ1) is 28.0. The minimum absolute atomic E-state index is 0.00533. The molecule has 7 rings (SSSR count). The molecule has 7 nitrogen and oxygen atoms in total. The zero-order valence-electron chi connectivity index (χ0n) is 23.8. The lowest BCUT2D eigenvalue weighted by Gasteiger charge is -2.60. The summed E-state index contributed by atoms with van der Waals surface area (Å²) < 4.78 is 12.7. The number of hydrogen-bond acceptors (Lipinski definition) is 9. The quantitative estimate of drug-likeness (QED) is 0.319. The van der Waals surface area contributed by atoms with E-state index in [1.165, 1.54) is 11.8 Å². The van der Waals surface area contributed by atoms with Gasteiger partial charge in [0.1, 0.15) is 5.01 Å². The number of allylic oxidation sites excluding steroid dienone is 1. The van der Waals surface area contributed by atoms with Gasteiger partial charge in [-0.2, -0.15) is 0 Å². The number of aliphatic hydroxyl groups excluding tert-OH is 1. The smallest absolute Gasteiger partial charge is 0.375 e. The summed E-state index contributed by atoms with van der Waals surface area (Å²) >= 11 is 2.72. The van der Waals surface area contributed by atoms with Crippen LogP contribution in [-0.4, -0.2) is 38.7 Å². The minimum Gasteiger partial charge on any atom is -0.457 e. The third kappa shape index (κ3) is 4.18. The molecular weight excluding hydrogens is 570 g/mol. The van der Waals surface area contributed by atoms with Crippen molar-refractivity contribution in [1.29, 1.82) is 0 Å². The second kappa shape index (κ2) is 10.2. The van der Waals surface area contributed by atoms with Crippen LogP contribution in [-0.2, 0) is 20.1 Å². The highest BCUT2D eigenvalue weighted by Crippen LogP contribution is 2.69. The summed E-state index contributed by atoms with van der Waals surface area (Å²) in [6, 6.07) is 11.1. The number of benzene rings is 1. The Morgan fingerprint density at radius 2 is 1.98 bits per heavy atom. The Bertz CT molecular complexity index is 1560. The number of carbonyl (C=O) groups excluding carboxylic acids is 3. The zero-order chi connectivity index (χ0) is 29.3. The molecule has 0 spiro atoms. The lowest BCUT2D eigenvalue weighted by Crippen LogP contribution is -2.62. The molecule has 0 aliphatic heterocycles. The topological polar surface area (TPSA) is 107 Å². The summed E-state index contributed by atoms with van der Waals surface area (Å²) in [6.07, 6.45) is 6.98. The first-order valence-electron chi connectivity index (χ1n) is 14.9. The fourth-order valence-corrected chi connectivity index (χ4v) is 11.2. The normalized spacial score (nSPS) is 35.7. The van der Waals surface area contributed by atoms with Crippen molar-refractivity contribution in [3.63, 3.8) is 0 Å². The molecule has 3 saturated carbocycles. The van der Waals surface area contributed by atoms with Gasteiger partial charge in [-0.1, -0.05) is 43.3 Å². The van der Waals surface area contributed by atoms with Crippen molar-refractivity contribution >= 4 is 50.2 Å². The van der Waals surface area contributed by atoms with Crippen LogP contribution in [0, 0.1) is 28.6 Å². The summed E-state index contributed by atoms with van der Waals surface area (Å²) in [5.41, 5.74) is -0.329. The standard InChI is InChI=1S/C33H35NO6S2/c1-31-13-11-20(35)16-19(31)9-10-21-22-12-14-33(32(22,2)17-24(36)28(21)31,40-29(37)25-7-5-15-39-25)30(38)41-18-27-34-23-6-3-4-8-26(23)42-27/h3-8,15-16,21-22,24,28,36H,9-14,17-18H2,1-2H3/t21?,22?,24-,28?,31?,32?,33-/m0/s1. The van der Waals surface area contributed by atoms with Crippen LogP contribution in [0.3, 0.4) is 0 Å². The van der Waals surface area contributed by atoms with Crippen LogP contribution < -0.4 is 0 Å². The molecule has 1 aromatic carbocycles. The van der Waals surface area contributed by atoms with E-state index in [2.05, 4.69) is 6.92 Å². The molecule has 9 heteroatoms. The Kier molecular flexibility index (Phi) is 6.79. The Labute approximate surface area is 253 Å². The van der Waals surface area contributed by atoms with Crippen LogP contribution in [0.15, 0.2) is 58.7 Å². The van der Waals surface area contributed by atoms with Gasteiger partial charge in [0.05, 0.1) is 28.3 Å². The van der Waals surface area contributed by atoms with Crippen LogP contribution in [0.25, 0.3) is 10.2 Å². The van der Waals surface area contributed by atoms with Gasteiger partial charge >= 0.3 is 5.97 Å². The maximum Gasteiger partial charge on any atom is 0.375 e. The van der Waals surface area contributed by atoms with Crippen molar-refractivity contribution < 1.29 is 28.6 Å². The van der Waals surface area contributed by atoms with Crippen molar-refractivity contribution in [1.82, 2.24) is 4.98 Å². The van der Waals surface area contributed by atoms with E-state index >= 15 is 0 Å². The van der Waals surface area contributed by atoms with Crippen LogP contribution in [0.5, 0.6) is 0 Å². The number of fused-ring (bicyclic) bond motifs is 6. The average Bonchev–Trinajstić information content (AvgIpc) is 3.70. The predicted molar refractivity (Wildman–Crippen MR) is 161 cm³/mol. The molecule has 2 aromatic heterocycles. The van der Waals surface area contributed by atoms with Gasteiger partial charge in [0, 0.05) is 11.8 Å². The van der Waals surface area contributed by atoms with Gasteiger partial charge in [0.15, 0.2) is 11.4 Å². The van der Waals surface area contributed by atoms with Crippen LogP contribution >= 0.6 is 23.1 Å². The highest BCUT2D eigenvalue weighted by Gasteiger charge is 2.70. The number of aromatic nitrogens is 1. The number of rotatable bonds is 5. The SMILES string of the molecule is CC12CCC(=O)C=C1CCC1C2[C@@H](O)CC2(C)C1CC[C@]2(OC(=O)c1ccco1)C(=O)SCc1nc2ccccc2s1. The van der Waals surface area contributed by atoms with Crippen molar-refractivity contribution in [2.75, 3.05) is 0 Å². The number of ether oxygens (including phenoxy) is 1. The van der Waals surface area contributed by atoms with E-state index in [0.29, 0.717) is 25.0 Å². The van der Waals surface area contributed by atoms with Gasteiger partial charge in [0.25, 0.3) is 0 Å². The van der Waals surface area contributed by atoms with Crippen molar-refractivity contribution in [2.24, 2.45) is 28.6 Å². The first-order valence-corrected chi connectivity index (χ1v) is 16.7. The minimum atomic E-state index is -1.41. The number of para-hydroxylation sites is 1. The molecule has 0 bridgehead atoms. The molecule has 1 N–H and O–H groups in total. The Balaban J connectivity index is 1.22. The third-order valence-electron chi connectivity index (χ3n) is 11.0. The molecule has 3 fully saturated rings. The van der Waals surface area contributed by atoms with Crippen molar-refractivity contribution in [2.45, 2.75) is 76.3 Å². The van der Waals surface area contributed by atoms with Gasteiger partial charge < -0.3 is 14.3 Å². The van der Waals surface area contributed by atoms with Gasteiger partial charge in [-0.3, -0.25) is 9.59 Å². The lowest BCUT2D eigenvalue weighted by atomic mass is 9.45. The summed E-state index contributed by atoms with van der Waals surface area (Å²) in [4.78, 5) is 44.8. The van der Waals surface area contributed by atoms with Crippen LogP contribution in [0.1, 0.15) is 74.4 Å². The molecule has 42 heavy (non-hydrogen) atoms. The Morgan fingerprint density at radius 3 is 2.76 bits per heavy atom. The third-order valence-corrected chi connectivity index (χ3v) is 13.2. The number of carbonyl (C=O) groups is 3. The fraction of sp³-hybridized carbons (Fsp3) is 0.515. The van der Waals surface area contributed by atoms with Crippen molar-refractivity contribution in [3.05, 3.63) is 65.1 Å². The number of nitrogens with zero attached hydrogens (tertiary/aromatic N) is 1. The van der Waals surface area contributed by atoms with Crippen LogP contribution in [0.4, 0.5) is 0 Å². The molecule has 0 saturated heterocycles. The number of thioether (sulfide) groups is 1. The average molecular weight is 606 g/mol. The van der Waals surface area contributed by atoms with Gasteiger partial charge in [-0.25, -0.2) is 9.78 Å². The van der Waals surface area contributed by atoms with E-state index in [1.54, 1.807) is 23.5 Å². The molecule has 2 heterocycles. The molecule has 220 valence electrons. The highest BCUT2D eigenvalue weighted by molar-refractivity contribution is 8.13. The second-order valence-corrected chi connectivity index (χ2v) is 15.0. The summed E-state index contributed by atoms with van der Waals surface area (Å²) in [7, 11) is 0. The summed E-state index contributed by atoms with van der Waals surface area (Å²) in [6.45, 7) is 4.26. The largest absolute Gasteiger partial charge is 0.457 e. The van der Waals surface area contributed by atoms with E-state index in [1.807, 2.05) is 37.3 Å². The Hall–Kier alpha value is -2.75. The number of hydrogen-bond donors (Lipinski definition) is 1. The molecule has 4 aliphatic rings. The van der Waals surface area contributed by atoms with E-state index in [4.69, 9.17) is 14.1 Å². The fourth-order valence-electron chi connectivity index (χ4n) is 9.05. The van der Waals surface area contributed by atoms with Gasteiger partial charge in [-0.05, 0) is 92.0 Å². The lowest BCUT2D eigenvalue weighted by molar-refractivity contribution is -0.176. The van der Waals surface area contributed by atoms with Gasteiger partial charge in [-0.15, -0.1) is 11.3 Å². The molecule has 3 aromatic rings. The van der Waals surface area contributed by atoms with Crippen LogP contribution in [0.2, 0.25) is 0 Å². The van der Waals surface area contributed by atoms with E-state index in [9.17, 15) is 19.5 Å². The maximum atomic E-state index is 14.4. The number of aliphatic hydroxyl groups is 1. The monoisotopic (exact) mass is 605 g/mol. The number of ketones is 1. The first-order chi connectivity index (χ1) is 20.1. The second-order valence-electron chi connectivity index (χ2n) is 13.0. The number of esters is 1. The number of furan rings is 1. The molecule has 7 atom stereocenters. The molecule has 0 amide bonds. The summed E-state index contributed by atoms with van der Waals surface area (Å²) in [5, 5.41) is 12.6. The zero-order valence-corrected chi connectivity index (χ0v) is 25.5. The summed E-state index contributed by atoms with van der Waals surface area (Å²) in [5.74, 6) is 0.236. The van der Waals surface area contributed by atoms with E-state index in [-0.39, 0.29) is 39.8 Å². The molecule has 0 radical (unpaired) electrons. The van der Waals surface area contributed by atoms with Gasteiger partial charge in [0.2, 0.25) is 10.9 Å². The van der Waals surface area contributed by atoms with E-state index < -0.39 is 23.1 Å². The van der Waals surface area contributed by atoms with Crippen molar-refractivity contribution in [3.8, 4) is 0 Å². The molecule has 5 unspecified atom stereocenters. The predicted octanol–water partition coefficient (Wildman–Crippen LogP) is 6.75. The maximum absolute atomic E-state index is 14.4. The van der Waals surface area contributed by atoms with E-state index in [0.717, 1.165) is 52.7 Å². The number of thiazole rings is 1. The Morgan fingerprint density at radius 1 is 1.14 bits per heavy atom.